The molecule has 6 heteroatoms. The van der Waals surface area contributed by atoms with E-state index in [0.29, 0.717) is 5.54 Å². The monoisotopic (exact) mass is 1730 g/mol. The van der Waals surface area contributed by atoms with Gasteiger partial charge in [-0.15, -0.1) is 97.0 Å². The van der Waals surface area contributed by atoms with Crippen LogP contribution < -0.4 is 10.6 Å². The topological polar surface area (TPSA) is 40.6 Å². The summed E-state index contributed by atoms with van der Waals surface area (Å²) in [7, 11) is -0.696. The van der Waals surface area contributed by atoms with Crippen LogP contribution in [0.1, 0.15) is 140 Å². The van der Waals surface area contributed by atoms with Crippen LogP contribution >= 0.6 is 7.92 Å². The van der Waals surface area contributed by atoms with Crippen molar-refractivity contribution in [3.8, 4) is 0 Å². The van der Waals surface area contributed by atoms with E-state index in [-0.39, 0.29) is 63.1 Å². The molecule has 1 atom stereocenters. The van der Waals surface area contributed by atoms with Gasteiger partial charge in [0.15, 0.2) is 0 Å². The molecule has 0 spiro atoms. The molecule has 0 heterocycles. The summed E-state index contributed by atoms with van der Waals surface area (Å²) in [5.74, 6) is 5.70. The Morgan fingerprint density at radius 2 is 0.571 bits per heavy atom. The van der Waals surface area contributed by atoms with Gasteiger partial charge in [-0.1, -0.05) is 197 Å². The summed E-state index contributed by atoms with van der Waals surface area (Å²) in [4.78, 5) is 5.30. The Morgan fingerprint density at radius 1 is 0.343 bits per heavy atom. The maximum atomic E-state index is 5.80. The number of nitrogens with zero attached hydrogens (tertiary/aromatic N) is 3. The fourth-order valence-electron chi connectivity index (χ4n) is 16.0. The molecule has 1 unspecified atom stereocenters. The van der Waals surface area contributed by atoms with E-state index in [2.05, 4.69) is 177 Å². The fourth-order valence-corrected chi connectivity index (χ4v) is 18.4. The van der Waals surface area contributed by atoms with Crippen LogP contribution in [0.25, 0.3) is 10.6 Å². The summed E-state index contributed by atoms with van der Waals surface area (Å²) < 4.78 is 0. The van der Waals surface area contributed by atoms with Gasteiger partial charge in [-0.05, 0) is 129 Å². The van der Waals surface area contributed by atoms with Gasteiger partial charge in [-0.25, -0.2) is 5.91 Å². The second kappa shape index (κ2) is 46.4. The molecule has 8 bridgehead atoms. The van der Waals surface area contributed by atoms with Crippen LogP contribution in [-0.2, 0) is 64.7 Å². The van der Waals surface area contributed by atoms with Crippen LogP contribution in [-0.4, -0.2) is 22.7 Å². The van der Waals surface area contributed by atoms with Crippen LogP contribution in [0.15, 0.2) is 339 Å². The van der Waals surface area contributed by atoms with Gasteiger partial charge in [0.1, 0.15) is 0 Å². The van der Waals surface area contributed by atoms with E-state index in [9.17, 15) is 0 Å². The van der Waals surface area contributed by atoms with Gasteiger partial charge in [0.25, 0.3) is 0 Å². The van der Waals surface area contributed by atoms with Crippen molar-refractivity contribution in [2.75, 3.05) is 0 Å². The van der Waals surface area contributed by atoms with E-state index >= 15 is 0 Å². The number of aryl methyl sites for hydroxylation is 1. The average molecular weight is 1730 g/mol. The van der Waals surface area contributed by atoms with Crippen molar-refractivity contribution < 1.29 is 51.7 Å². The smallest absolute Gasteiger partial charge is 0.670 e. The van der Waals surface area contributed by atoms with Crippen molar-refractivity contribution in [3.63, 3.8) is 0 Å². The summed E-state index contributed by atoms with van der Waals surface area (Å²) in [6.07, 6.45) is 19.2. The second-order valence-corrected chi connectivity index (χ2v) is 31.1. The molecule has 11 aromatic rings. The molecule has 0 saturated heterocycles. The van der Waals surface area contributed by atoms with Crippen LogP contribution in [0, 0.1) is 84.0 Å². The van der Waals surface area contributed by atoms with E-state index in [1.54, 1.807) is 0 Å². The summed E-state index contributed by atoms with van der Waals surface area (Å²) in [5, 5.41) is 14.0. The van der Waals surface area contributed by atoms with Crippen molar-refractivity contribution in [2.45, 2.75) is 120 Å². The molecule has 8 saturated carbocycles. The first-order valence-corrected chi connectivity index (χ1v) is 38.6. The Hall–Kier alpha value is -7.73. The zero-order valence-corrected chi connectivity index (χ0v) is 70.2. The third-order valence-electron chi connectivity index (χ3n) is 19.9. The molecule has 105 heavy (non-hydrogen) atoms. The Morgan fingerprint density at radius 3 is 0.819 bits per heavy atom. The molecule has 0 amide bonds. The number of rotatable bonds is 12. The van der Waals surface area contributed by atoms with Gasteiger partial charge in [0.2, 0.25) is 0 Å². The molecule has 0 N–H and O–H groups in total. The Labute approximate surface area is 673 Å². The van der Waals surface area contributed by atoms with Gasteiger partial charge >= 0.3 is 25.8 Å². The van der Waals surface area contributed by atoms with Gasteiger partial charge in [0, 0.05) is 31.6 Å². The van der Waals surface area contributed by atoms with Gasteiger partial charge in [0.05, 0.1) is 5.54 Å². The summed E-state index contributed by atoms with van der Waals surface area (Å²) >= 11 is 0. The van der Waals surface area contributed by atoms with E-state index in [1.807, 2.05) is 212 Å². The molecule has 0 aliphatic heterocycles. The first-order valence-electron chi connectivity index (χ1n) is 37.2. The molecule has 19 rings (SSSR count). The second-order valence-electron chi connectivity index (χ2n) is 28.9. The Balaban J connectivity index is 0.000000182. The number of benzene rings is 11. The largest absolute Gasteiger partial charge is 4.00 e. The summed E-state index contributed by atoms with van der Waals surface area (Å²) in [6.45, 7) is 29.0. The molecule has 8 fully saturated rings. The molecule has 538 valence electrons. The normalized spacial score (nSPS) is 20.6. The molecule has 0 radical (unpaired) electrons. The van der Waals surface area contributed by atoms with Crippen LogP contribution in [0.2, 0.25) is 0 Å². The minimum absolute atomic E-state index is 0. The SMILES string of the molecule is CC(CCc1ccccc1)=NC12CC3CC(CC(C3)C1)C2.[CH2-]c1ccccc1.[CH2-]c1ccccc1.[CH2-]c1ccccc1.[CH2-]c1ccccc1.[CH2-]c1ccccc1.[CH2-]c1ccccc1.[CH2-]c1ccccc1.[Hf+4].[Hf].c1ccc(C[N-]C([N-]C23CC4CC(CC(C4)C2)C3)P(c2ccccc2)c2ccccc2)cc1. The predicted octanol–water partition coefficient (Wildman–Crippen LogP) is 25.4. The number of aliphatic imine (C=N–C) groups is 1. The number of hydrogen-bond acceptors (Lipinski definition) is 1. The van der Waals surface area contributed by atoms with E-state index in [0.717, 1.165) is 93.8 Å². The first kappa shape index (κ1) is 84.5. The van der Waals surface area contributed by atoms with E-state index < -0.39 is 7.92 Å². The molecular weight excluding hydrogens is 1620 g/mol. The molecule has 0 aromatic heterocycles. The van der Waals surface area contributed by atoms with E-state index in [4.69, 9.17) is 15.6 Å². The maximum absolute atomic E-state index is 5.80. The fraction of sp³-hybridized carbons (Fsp3) is 0.253. The zero-order valence-electron chi connectivity index (χ0n) is 62.1. The average Bonchev–Trinajstić information content (AvgIpc) is 0.754. The minimum atomic E-state index is -0.696. The van der Waals surface area contributed by atoms with Crippen LogP contribution in [0.5, 0.6) is 0 Å². The minimum Gasteiger partial charge on any atom is -0.670 e. The maximum Gasteiger partial charge on any atom is 4.00 e. The predicted molar refractivity (Wildman–Crippen MR) is 446 cm³/mol. The van der Waals surface area contributed by atoms with E-state index in [1.165, 1.54) is 104 Å². The molecule has 3 nitrogen and oxygen atoms in total. The summed E-state index contributed by atoms with van der Waals surface area (Å²) in [6, 6.07) is 113. The van der Waals surface area contributed by atoms with Crippen molar-refractivity contribution in [1.29, 1.82) is 0 Å². The van der Waals surface area contributed by atoms with Gasteiger partial charge < -0.3 is 10.6 Å². The molecular formula is C99H109Hf2N3P-5. The third kappa shape index (κ3) is 30.9. The van der Waals surface area contributed by atoms with Gasteiger partial charge in [-0.2, -0.15) is 172 Å². The van der Waals surface area contributed by atoms with Gasteiger partial charge in [-0.3, -0.25) is 4.99 Å². The standard InChI is InChI=1S/C30H33N2P.C20H27N.7C7H7.2Hf/c1-4-10-23(11-5-1)22-31-29(32-30-19-24-16-25(20-30)18-26(17-24)21-30)33(27-12-6-2-7-13-27)28-14-8-3-9-15-28;1-15(7-8-16-5-3-2-4-6-16)21-20-12-17-9-18(13-20)11-19(10-17)14-20;7*1-7-5-3-2-4-6-7;;/h1-15,24-26,29H,16-22H2;2-6,17-19H,7-14H2,1H3;7*2-6H,1H2;;/q-2;;7*-1;;+4. The van der Waals surface area contributed by atoms with Crippen molar-refractivity contribution in [2.24, 2.45) is 40.5 Å². The molecule has 11 aromatic carbocycles. The summed E-state index contributed by atoms with van der Waals surface area (Å²) in [5.41, 5.74) is 12.1. The Bertz CT molecular complexity index is 3540. The first-order chi connectivity index (χ1) is 50.2. The van der Waals surface area contributed by atoms with Crippen molar-refractivity contribution in [3.05, 3.63) is 443 Å². The zero-order chi connectivity index (χ0) is 72.2. The number of hydrogen-bond donors (Lipinski definition) is 0. The molecule has 8 aliphatic rings. The van der Waals surface area contributed by atoms with Crippen molar-refractivity contribution in [1.82, 2.24) is 0 Å². The van der Waals surface area contributed by atoms with Crippen LogP contribution in [0.4, 0.5) is 0 Å². The molecule has 8 aliphatic carbocycles. The van der Waals surface area contributed by atoms with Crippen molar-refractivity contribution >= 4 is 24.2 Å². The Kier molecular flexibility index (Phi) is 37.3. The van der Waals surface area contributed by atoms with Crippen LogP contribution in [0.3, 0.4) is 0 Å². The quantitative estimate of drug-likeness (QED) is 0.0506. The third-order valence-corrected chi connectivity index (χ3v) is 22.4.